The fraction of sp³-hybridized carbons (Fsp3) is 0.632. The van der Waals surface area contributed by atoms with Gasteiger partial charge in [0.1, 0.15) is 0 Å². The van der Waals surface area contributed by atoms with Gasteiger partial charge >= 0.3 is 0 Å². The van der Waals surface area contributed by atoms with Gasteiger partial charge in [0.2, 0.25) is 0 Å². The highest BCUT2D eigenvalue weighted by molar-refractivity contribution is 5.96. The lowest BCUT2D eigenvalue weighted by molar-refractivity contribution is 0.0979. The first-order valence-corrected chi connectivity index (χ1v) is 8.37. The second-order valence-electron chi connectivity index (χ2n) is 5.63. The number of benzene rings is 1. The molecule has 1 aromatic rings. The van der Waals surface area contributed by atoms with Crippen molar-refractivity contribution in [1.82, 2.24) is 0 Å². The Morgan fingerprint density at radius 1 is 0.850 bits per heavy atom. The Morgan fingerprint density at radius 2 is 1.50 bits per heavy atom. The van der Waals surface area contributed by atoms with Gasteiger partial charge in [-0.05, 0) is 36.5 Å². The molecule has 1 nitrogen and oxygen atoms in total. The molecule has 0 unspecified atom stereocenters. The molecule has 0 aliphatic carbocycles. The summed E-state index contributed by atoms with van der Waals surface area (Å²) in [6.45, 7) is 6.57. The summed E-state index contributed by atoms with van der Waals surface area (Å²) in [4.78, 5) is 12.2. The average Bonchev–Trinajstić information content (AvgIpc) is 2.49. The predicted octanol–water partition coefficient (Wildman–Crippen LogP) is 5.74. The zero-order valence-corrected chi connectivity index (χ0v) is 13.5. The molecular formula is C19H30O. The van der Waals surface area contributed by atoms with E-state index in [2.05, 4.69) is 32.9 Å². The zero-order chi connectivity index (χ0) is 14.8. The minimum absolute atomic E-state index is 0.317. The number of carbonyl (C=O) groups is 1. The lowest BCUT2D eigenvalue weighted by Gasteiger charge is -2.08. The van der Waals surface area contributed by atoms with Crippen LogP contribution in [-0.2, 0) is 12.8 Å². The quantitative estimate of drug-likeness (QED) is 0.392. The Hall–Kier alpha value is -1.11. The van der Waals surface area contributed by atoms with E-state index in [9.17, 15) is 4.79 Å². The molecule has 1 heteroatoms. The standard InChI is InChI=1S/C19H30O/c1-4-7-8-9-10-11-12-19(20)18-14-13-16(5-2)17(6-3)15-18/h13-15H,4-12H2,1-3H3. The fourth-order valence-electron chi connectivity index (χ4n) is 2.68. The van der Waals surface area contributed by atoms with Crippen molar-refractivity contribution >= 4 is 5.78 Å². The first-order valence-electron chi connectivity index (χ1n) is 8.37. The first kappa shape index (κ1) is 16.9. The molecule has 0 radical (unpaired) electrons. The number of unbranched alkanes of at least 4 members (excludes halogenated alkanes) is 5. The Kier molecular flexibility index (Phi) is 8.25. The van der Waals surface area contributed by atoms with Crippen molar-refractivity contribution in [3.05, 3.63) is 34.9 Å². The topological polar surface area (TPSA) is 17.1 Å². The van der Waals surface area contributed by atoms with Crippen molar-refractivity contribution in [2.75, 3.05) is 0 Å². The third kappa shape index (κ3) is 5.48. The molecule has 0 atom stereocenters. The molecule has 0 aromatic heterocycles. The van der Waals surface area contributed by atoms with Crippen LogP contribution in [0.5, 0.6) is 0 Å². The number of Topliss-reactive ketones (excluding diaryl/α,β-unsaturated/α-hetero) is 1. The average molecular weight is 274 g/mol. The van der Waals surface area contributed by atoms with Crippen molar-refractivity contribution in [2.45, 2.75) is 78.6 Å². The Labute approximate surface area is 124 Å². The lowest BCUT2D eigenvalue weighted by Crippen LogP contribution is -2.02. The van der Waals surface area contributed by atoms with Gasteiger partial charge in [0.15, 0.2) is 5.78 Å². The maximum Gasteiger partial charge on any atom is 0.162 e. The molecule has 0 N–H and O–H groups in total. The number of hydrogen-bond acceptors (Lipinski definition) is 1. The Balaban J connectivity index is 2.43. The maximum atomic E-state index is 12.2. The van der Waals surface area contributed by atoms with Crippen LogP contribution in [0, 0.1) is 0 Å². The van der Waals surface area contributed by atoms with E-state index in [-0.39, 0.29) is 0 Å². The summed E-state index contributed by atoms with van der Waals surface area (Å²) in [6, 6.07) is 6.25. The monoisotopic (exact) mass is 274 g/mol. The van der Waals surface area contributed by atoms with Crippen LogP contribution in [0.4, 0.5) is 0 Å². The van der Waals surface area contributed by atoms with Crippen molar-refractivity contribution < 1.29 is 4.79 Å². The minimum atomic E-state index is 0.317. The van der Waals surface area contributed by atoms with Gasteiger partial charge < -0.3 is 0 Å². The first-order chi connectivity index (χ1) is 9.72. The van der Waals surface area contributed by atoms with Gasteiger partial charge in [-0.25, -0.2) is 0 Å². The Morgan fingerprint density at radius 3 is 2.15 bits per heavy atom. The number of hydrogen-bond donors (Lipinski definition) is 0. The molecular weight excluding hydrogens is 244 g/mol. The predicted molar refractivity (Wildman–Crippen MR) is 87.5 cm³/mol. The second-order valence-corrected chi connectivity index (χ2v) is 5.63. The number of rotatable bonds is 10. The van der Waals surface area contributed by atoms with Gasteiger partial charge in [-0.15, -0.1) is 0 Å². The third-order valence-corrected chi connectivity index (χ3v) is 4.05. The maximum absolute atomic E-state index is 12.2. The summed E-state index contributed by atoms with van der Waals surface area (Å²) in [6.07, 6.45) is 10.2. The van der Waals surface area contributed by atoms with Gasteiger partial charge in [0.25, 0.3) is 0 Å². The fourth-order valence-corrected chi connectivity index (χ4v) is 2.68. The highest BCUT2D eigenvalue weighted by Gasteiger charge is 2.08. The highest BCUT2D eigenvalue weighted by Crippen LogP contribution is 2.16. The molecule has 0 aliphatic heterocycles. The van der Waals surface area contributed by atoms with Crippen LogP contribution in [-0.4, -0.2) is 5.78 Å². The van der Waals surface area contributed by atoms with E-state index in [0.29, 0.717) is 12.2 Å². The molecule has 112 valence electrons. The van der Waals surface area contributed by atoms with Crippen LogP contribution in [0.1, 0.15) is 87.2 Å². The molecule has 1 aromatic carbocycles. The van der Waals surface area contributed by atoms with E-state index in [1.54, 1.807) is 0 Å². The van der Waals surface area contributed by atoms with Crippen LogP contribution in [0.3, 0.4) is 0 Å². The summed E-state index contributed by atoms with van der Waals surface area (Å²) in [7, 11) is 0. The zero-order valence-electron chi connectivity index (χ0n) is 13.5. The van der Waals surface area contributed by atoms with E-state index in [1.807, 2.05) is 6.07 Å². The van der Waals surface area contributed by atoms with Crippen LogP contribution in [0.15, 0.2) is 18.2 Å². The summed E-state index contributed by atoms with van der Waals surface area (Å²) < 4.78 is 0. The smallest absolute Gasteiger partial charge is 0.162 e. The van der Waals surface area contributed by atoms with E-state index >= 15 is 0 Å². The third-order valence-electron chi connectivity index (χ3n) is 4.05. The minimum Gasteiger partial charge on any atom is -0.294 e. The lowest BCUT2D eigenvalue weighted by atomic mass is 9.96. The van der Waals surface area contributed by atoms with Crippen molar-refractivity contribution in [2.24, 2.45) is 0 Å². The molecule has 0 fully saturated rings. The molecule has 0 aliphatic rings. The summed E-state index contributed by atoms with van der Waals surface area (Å²) in [5, 5.41) is 0. The number of carbonyl (C=O) groups excluding carboxylic acids is 1. The molecule has 0 spiro atoms. The molecule has 0 amide bonds. The van der Waals surface area contributed by atoms with E-state index in [1.165, 1.54) is 43.2 Å². The summed E-state index contributed by atoms with van der Waals surface area (Å²) >= 11 is 0. The number of ketones is 1. The van der Waals surface area contributed by atoms with Crippen LogP contribution in [0.2, 0.25) is 0 Å². The number of aryl methyl sites for hydroxylation is 2. The van der Waals surface area contributed by atoms with E-state index in [0.717, 1.165) is 24.8 Å². The van der Waals surface area contributed by atoms with Crippen LogP contribution in [0.25, 0.3) is 0 Å². The highest BCUT2D eigenvalue weighted by atomic mass is 16.1. The van der Waals surface area contributed by atoms with Gasteiger partial charge in [0, 0.05) is 12.0 Å². The van der Waals surface area contributed by atoms with Gasteiger partial charge in [-0.2, -0.15) is 0 Å². The van der Waals surface area contributed by atoms with E-state index < -0.39 is 0 Å². The summed E-state index contributed by atoms with van der Waals surface area (Å²) in [5.74, 6) is 0.317. The summed E-state index contributed by atoms with van der Waals surface area (Å²) in [5.41, 5.74) is 3.62. The SMILES string of the molecule is CCCCCCCCC(=O)c1ccc(CC)c(CC)c1. The molecule has 1 rings (SSSR count). The van der Waals surface area contributed by atoms with Crippen LogP contribution >= 0.6 is 0 Å². The second kappa shape index (κ2) is 9.74. The van der Waals surface area contributed by atoms with Crippen molar-refractivity contribution in [3.63, 3.8) is 0 Å². The normalized spacial score (nSPS) is 10.8. The Bertz CT molecular complexity index is 406. The molecule has 20 heavy (non-hydrogen) atoms. The van der Waals surface area contributed by atoms with Crippen molar-refractivity contribution in [1.29, 1.82) is 0 Å². The molecule has 0 saturated carbocycles. The van der Waals surface area contributed by atoms with Gasteiger partial charge in [-0.1, -0.05) is 65.0 Å². The van der Waals surface area contributed by atoms with Crippen LogP contribution < -0.4 is 0 Å². The largest absolute Gasteiger partial charge is 0.294 e. The van der Waals surface area contributed by atoms with Gasteiger partial charge in [0.05, 0.1) is 0 Å². The van der Waals surface area contributed by atoms with Gasteiger partial charge in [-0.3, -0.25) is 4.79 Å². The molecule has 0 bridgehead atoms. The van der Waals surface area contributed by atoms with E-state index in [4.69, 9.17) is 0 Å². The molecule has 0 heterocycles. The van der Waals surface area contributed by atoms with Crippen molar-refractivity contribution in [3.8, 4) is 0 Å². The molecule has 0 saturated heterocycles.